The molecule has 2 rings (SSSR count). The van der Waals surface area contributed by atoms with Crippen molar-refractivity contribution in [3.05, 3.63) is 22.7 Å². The molecule has 4 nitrogen and oxygen atoms in total. The average molecular weight is 231 g/mol. The molecule has 1 aromatic heterocycles. The van der Waals surface area contributed by atoms with Crippen LogP contribution in [-0.4, -0.2) is 28.3 Å². The van der Waals surface area contributed by atoms with Crippen LogP contribution >= 0.6 is 15.9 Å². The molecule has 0 atom stereocenters. The fraction of sp³-hybridized carbons (Fsp3) is 0.429. The molecule has 1 fully saturated rings. The highest BCUT2D eigenvalue weighted by Gasteiger charge is 2.40. The van der Waals surface area contributed by atoms with E-state index in [-0.39, 0.29) is 13.2 Å². The van der Waals surface area contributed by atoms with Gasteiger partial charge in [-0.05, 0) is 15.9 Å². The Labute approximate surface area is 77.7 Å². The molecule has 0 amide bonds. The molecular weight excluding hydrogens is 224 g/mol. The van der Waals surface area contributed by atoms with Crippen molar-refractivity contribution < 1.29 is 9.84 Å². The summed E-state index contributed by atoms with van der Waals surface area (Å²) in [4.78, 5) is 7.97. The lowest BCUT2D eigenvalue weighted by Gasteiger charge is -2.34. The van der Waals surface area contributed by atoms with Gasteiger partial charge in [0.1, 0.15) is 0 Å². The van der Waals surface area contributed by atoms with E-state index in [0.717, 1.165) is 4.47 Å². The molecule has 1 saturated heterocycles. The van der Waals surface area contributed by atoms with E-state index in [0.29, 0.717) is 5.82 Å². The van der Waals surface area contributed by atoms with E-state index in [4.69, 9.17) is 4.74 Å². The van der Waals surface area contributed by atoms with Crippen LogP contribution in [0.15, 0.2) is 16.9 Å². The van der Waals surface area contributed by atoms with E-state index in [9.17, 15) is 5.11 Å². The van der Waals surface area contributed by atoms with E-state index < -0.39 is 5.60 Å². The fourth-order valence-corrected chi connectivity index (χ4v) is 1.18. The minimum atomic E-state index is -0.958. The monoisotopic (exact) mass is 230 g/mol. The zero-order chi connectivity index (χ0) is 8.60. The van der Waals surface area contributed by atoms with Gasteiger partial charge in [0.15, 0.2) is 11.4 Å². The first-order chi connectivity index (χ1) is 5.71. The van der Waals surface area contributed by atoms with E-state index in [2.05, 4.69) is 25.9 Å². The summed E-state index contributed by atoms with van der Waals surface area (Å²) in [5.74, 6) is 0.428. The molecule has 64 valence electrons. The second kappa shape index (κ2) is 2.76. The van der Waals surface area contributed by atoms with Crippen molar-refractivity contribution in [2.75, 3.05) is 13.2 Å². The number of hydrogen-bond donors (Lipinski definition) is 1. The van der Waals surface area contributed by atoms with Crippen molar-refractivity contribution >= 4 is 15.9 Å². The van der Waals surface area contributed by atoms with Gasteiger partial charge in [-0.25, -0.2) is 9.97 Å². The van der Waals surface area contributed by atoms with Crippen LogP contribution < -0.4 is 0 Å². The van der Waals surface area contributed by atoms with Gasteiger partial charge < -0.3 is 9.84 Å². The summed E-state index contributed by atoms with van der Waals surface area (Å²) in [5.41, 5.74) is -0.958. The van der Waals surface area contributed by atoms with Crippen LogP contribution in [0.4, 0.5) is 0 Å². The summed E-state index contributed by atoms with van der Waals surface area (Å²) in [5, 5.41) is 9.71. The fourth-order valence-electron chi connectivity index (χ4n) is 0.977. The van der Waals surface area contributed by atoms with Crippen molar-refractivity contribution in [1.29, 1.82) is 0 Å². The highest BCUT2D eigenvalue weighted by Crippen LogP contribution is 2.26. The Morgan fingerprint density at radius 1 is 1.42 bits per heavy atom. The smallest absolute Gasteiger partial charge is 0.170 e. The van der Waals surface area contributed by atoms with Crippen LogP contribution in [-0.2, 0) is 10.3 Å². The number of nitrogens with zero attached hydrogens (tertiary/aromatic N) is 2. The zero-order valence-electron chi connectivity index (χ0n) is 6.20. The maximum absolute atomic E-state index is 9.71. The molecule has 0 bridgehead atoms. The summed E-state index contributed by atoms with van der Waals surface area (Å²) in [6.07, 6.45) is 3.22. The normalized spacial score (nSPS) is 20.2. The van der Waals surface area contributed by atoms with Crippen LogP contribution in [0.3, 0.4) is 0 Å². The molecule has 0 radical (unpaired) electrons. The lowest BCUT2D eigenvalue weighted by Crippen LogP contribution is -2.47. The van der Waals surface area contributed by atoms with Gasteiger partial charge in [-0.2, -0.15) is 0 Å². The van der Waals surface area contributed by atoms with Gasteiger partial charge in [-0.15, -0.1) is 0 Å². The van der Waals surface area contributed by atoms with Crippen LogP contribution in [0.2, 0.25) is 0 Å². The van der Waals surface area contributed by atoms with Crippen LogP contribution in [0, 0.1) is 0 Å². The summed E-state index contributed by atoms with van der Waals surface area (Å²) >= 11 is 3.21. The second-order valence-electron chi connectivity index (χ2n) is 2.75. The summed E-state index contributed by atoms with van der Waals surface area (Å²) in [6, 6.07) is 0. The predicted molar refractivity (Wildman–Crippen MR) is 44.4 cm³/mol. The van der Waals surface area contributed by atoms with Gasteiger partial charge in [0.2, 0.25) is 0 Å². The Bertz CT molecular complexity index is 284. The van der Waals surface area contributed by atoms with Gasteiger partial charge >= 0.3 is 0 Å². The number of hydrogen-bond acceptors (Lipinski definition) is 4. The van der Waals surface area contributed by atoms with Crippen LogP contribution in [0.1, 0.15) is 5.82 Å². The molecule has 1 aromatic rings. The quantitative estimate of drug-likeness (QED) is 0.762. The third-order valence-electron chi connectivity index (χ3n) is 1.72. The van der Waals surface area contributed by atoms with E-state index in [1.807, 2.05) is 0 Å². The first kappa shape index (κ1) is 8.10. The number of aromatic nitrogens is 2. The molecule has 0 unspecified atom stereocenters. The molecule has 1 N–H and O–H groups in total. The number of ether oxygens (including phenoxy) is 1. The summed E-state index contributed by atoms with van der Waals surface area (Å²) in [6.45, 7) is 0.573. The minimum Gasteiger partial charge on any atom is -0.377 e. The van der Waals surface area contributed by atoms with Crippen molar-refractivity contribution in [3.8, 4) is 0 Å². The highest BCUT2D eigenvalue weighted by molar-refractivity contribution is 9.10. The Balaban J connectivity index is 2.28. The summed E-state index contributed by atoms with van der Waals surface area (Å²) < 4.78 is 5.68. The van der Waals surface area contributed by atoms with Gasteiger partial charge in [0.05, 0.1) is 17.7 Å². The Kier molecular flexibility index (Phi) is 1.86. The van der Waals surface area contributed by atoms with E-state index in [1.165, 1.54) is 0 Å². The molecule has 0 spiro atoms. The summed E-state index contributed by atoms with van der Waals surface area (Å²) in [7, 11) is 0. The molecule has 0 saturated carbocycles. The van der Waals surface area contributed by atoms with Gasteiger partial charge in [0.25, 0.3) is 0 Å². The predicted octanol–water partition coefficient (Wildman–Crippen LogP) is 0.457. The molecule has 0 aromatic carbocycles. The Morgan fingerprint density at radius 3 is 2.42 bits per heavy atom. The third kappa shape index (κ3) is 1.24. The number of aliphatic hydroxyl groups is 1. The van der Waals surface area contributed by atoms with Crippen molar-refractivity contribution in [3.63, 3.8) is 0 Å². The Morgan fingerprint density at radius 2 is 2.00 bits per heavy atom. The first-order valence-corrected chi connectivity index (χ1v) is 4.28. The van der Waals surface area contributed by atoms with Gasteiger partial charge in [-0.1, -0.05) is 0 Å². The lowest BCUT2D eigenvalue weighted by atomic mass is 10.0. The largest absolute Gasteiger partial charge is 0.377 e. The number of halogens is 1. The second-order valence-corrected chi connectivity index (χ2v) is 3.66. The van der Waals surface area contributed by atoms with Crippen molar-refractivity contribution in [1.82, 2.24) is 9.97 Å². The van der Waals surface area contributed by atoms with Gasteiger partial charge in [0, 0.05) is 12.4 Å². The molecule has 2 heterocycles. The maximum atomic E-state index is 9.71. The maximum Gasteiger partial charge on any atom is 0.170 e. The Hall–Kier alpha value is -0.520. The van der Waals surface area contributed by atoms with E-state index in [1.54, 1.807) is 12.4 Å². The lowest BCUT2D eigenvalue weighted by molar-refractivity contribution is -0.189. The van der Waals surface area contributed by atoms with Crippen LogP contribution in [0.5, 0.6) is 0 Å². The molecule has 12 heavy (non-hydrogen) atoms. The number of rotatable bonds is 1. The topological polar surface area (TPSA) is 55.2 Å². The molecule has 5 heteroatoms. The average Bonchev–Trinajstić information content (AvgIpc) is 2.02. The van der Waals surface area contributed by atoms with Crippen molar-refractivity contribution in [2.24, 2.45) is 0 Å². The van der Waals surface area contributed by atoms with E-state index >= 15 is 0 Å². The molecule has 1 aliphatic heterocycles. The van der Waals surface area contributed by atoms with Crippen molar-refractivity contribution in [2.45, 2.75) is 5.60 Å². The van der Waals surface area contributed by atoms with Gasteiger partial charge in [-0.3, -0.25) is 0 Å². The third-order valence-corrected chi connectivity index (χ3v) is 2.13. The minimum absolute atomic E-state index is 0.286. The molecule has 1 aliphatic rings. The van der Waals surface area contributed by atoms with Crippen LogP contribution in [0.25, 0.3) is 0 Å². The standard InChI is InChI=1S/C7H7BrN2O2/c8-5-1-9-6(10-2-5)7(11)3-12-4-7/h1-2,11H,3-4H2. The highest BCUT2D eigenvalue weighted by atomic mass is 79.9. The first-order valence-electron chi connectivity index (χ1n) is 3.49. The molecule has 0 aliphatic carbocycles. The molecular formula is C7H7BrN2O2. The zero-order valence-corrected chi connectivity index (χ0v) is 7.78. The SMILES string of the molecule is OC1(c2ncc(Br)cn2)COC1.